The van der Waals surface area contributed by atoms with E-state index in [1.807, 2.05) is 0 Å². The molecular formula is C20H29NO5. The summed E-state index contributed by atoms with van der Waals surface area (Å²) in [4.78, 5) is 23.7. The topological polar surface area (TPSA) is 73.9 Å². The number of ether oxygens (including phenoxy) is 3. The zero-order valence-electron chi connectivity index (χ0n) is 15.8. The van der Waals surface area contributed by atoms with Crippen molar-refractivity contribution >= 4 is 11.9 Å². The Morgan fingerprint density at radius 3 is 2.50 bits per heavy atom. The molecule has 144 valence electrons. The third-order valence-corrected chi connectivity index (χ3v) is 5.05. The number of amides is 1. The standard InChI is InChI=1S/C20H29NO5/c1-14-5-4-6-18(15(14)2)21-19(22)13-26-20(23)11-12-25-17-9-7-16(24-3)8-10-17/h7-10,14-15,18H,4-6,11-13H2,1-3H3,(H,21,22)/t14-,15-,18+/m1/s1. The molecule has 0 radical (unpaired) electrons. The Balaban J connectivity index is 1.62. The van der Waals surface area contributed by atoms with E-state index in [2.05, 4.69) is 19.2 Å². The number of carbonyl (C=O) groups is 2. The minimum Gasteiger partial charge on any atom is -0.497 e. The number of carbonyl (C=O) groups excluding carboxylic acids is 2. The lowest BCUT2D eigenvalue weighted by molar-refractivity contribution is -0.149. The normalized spacial score (nSPS) is 22.3. The van der Waals surface area contributed by atoms with Crippen LogP contribution in [0.1, 0.15) is 39.5 Å². The van der Waals surface area contributed by atoms with E-state index < -0.39 is 5.97 Å². The third kappa shape index (κ3) is 6.24. The highest BCUT2D eigenvalue weighted by Crippen LogP contribution is 2.29. The van der Waals surface area contributed by atoms with Crippen molar-refractivity contribution in [1.29, 1.82) is 0 Å². The minimum absolute atomic E-state index is 0.0934. The summed E-state index contributed by atoms with van der Waals surface area (Å²) in [5, 5.41) is 2.99. The van der Waals surface area contributed by atoms with Crippen LogP contribution >= 0.6 is 0 Å². The highest BCUT2D eigenvalue weighted by Gasteiger charge is 2.28. The van der Waals surface area contributed by atoms with Gasteiger partial charge in [-0.15, -0.1) is 0 Å². The van der Waals surface area contributed by atoms with Crippen molar-refractivity contribution in [3.05, 3.63) is 24.3 Å². The van der Waals surface area contributed by atoms with E-state index in [0.29, 0.717) is 17.6 Å². The molecule has 0 aromatic heterocycles. The molecule has 0 bridgehead atoms. The van der Waals surface area contributed by atoms with Gasteiger partial charge in [-0.2, -0.15) is 0 Å². The Morgan fingerprint density at radius 1 is 1.12 bits per heavy atom. The summed E-state index contributed by atoms with van der Waals surface area (Å²) in [7, 11) is 1.59. The average Bonchev–Trinajstić information content (AvgIpc) is 2.64. The van der Waals surface area contributed by atoms with Crippen LogP contribution in [0.25, 0.3) is 0 Å². The molecule has 3 atom stereocenters. The van der Waals surface area contributed by atoms with Crippen molar-refractivity contribution in [2.24, 2.45) is 11.8 Å². The highest BCUT2D eigenvalue weighted by molar-refractivity contribution is 5.80. The number of benzene rings is 1. The number of rotatable bonds is 8. The summed E-state index contributed by atoms with van der Waals surface area (Å²) in [5.41, 5.74) is 0. The number of hydrogen-bond donors (Lipinski definition) is 1. The van der Waals surface area contributed by atoms with Crippen LogP contribution in [0.4, 0.5) is 0 Å². The van der Waals surface area contributed by atoms with Crippen molar-refractivity contribution in [3.63, 3.8) is 0 Å². The third-order valence-electron chi connectivity index (χ3n) is 5.05. The van der Waals surface area contributed by atoms with E-state index in [9.17, 15) is 9.59 Å². The molecule has 1 amide bonds. The van der Waals surface area contributed by atoms with Crippen molar-refractivity contribution in [1.82, 2.24) is 5.32 Å². The molecule has 6 heteroatoms. The molecule has 0 heterocycles. The van der Waals surface area contributed by atoms with Crippen molar-refractivity contribution in [2.45, 2.75) is 45.6 Å². The maximum absolute atomic E-state index is 12.0. The first-order valence-electron chi connectivity index (χ1n) is 9.21. The van der Waals surface area contributed by atoms with E-state index in [0.717, 1.165) is 18.6 Å². The zero-order chi connectivity index (χ0) is 18.9. The molecule has 1 saturated carbocycles. The predicted octanol–water partition coefficient (Wildman–Crippen LogP) is 2.95. The van der Waals surface area contributed by atoms with Crippen LogP contribution in [0.5, 0.6) is 11.5 Å². The predicted molar refractivity (Wildman–Crippen MR) is 98.2 cm³/mol. The van der Waals surface area contributed by atoms with Gasteiger partial charge in [0.25, 0.3) is 5.91 Å². The maximum Gasteiger partial charge on any atom is 0.309 e. The zero-order valence-corrected chi connectivity index (χ0v) is 15.8. The highest BCUT2D eigenvalue weighted by atomic mass is 16.5. The molecule has 1 aromatic rings. The van der Waals surface area contributed by atoms with Gasteiger partial charge < -0.3 is 19.5 Å². The van der Waals surface area contributed by atoms with Crippen LogP contribution in [0.15, 0.2) is 24.3 Å². The van der Waals surface area contributed by atoms with Crippen molar-refractivity contribution in [2.75, 3.05) is 20.3 Å². The van der Waals surface area contributed by atoms with Crippen LogP contribution in [0, 0.1) is 11.8 Å². The van der Waals surface area contributed by atoms with Crippen molar-refractivity contribution in [3.8, 4) is 11.5 Å². The van der Waals surface area contributed by atoms with E-state index in [1.54, 1.807) is 31.4 Å². The van der Waals surface area contributed by atoms with Crippen LogP contribution in [0.2, 0.25) is 0 Å². The van der Waals surface area contributed by atoms with Gasteiger partial charge in [0, 0.05) is 6.04 Å². The van der Waals surface area contributed by atoms with E-state index in [1.165, 1.54) is 6.42 Å². The van der Waals surface area contributed by atoms with E-state index >= 15 is 0 Å². The summed E-state index contributed by atoms with van der Waals surface area (Å²) in [6.45, 7) is 4.34. The van der Waals surface area contributed by atoms with Crippen LogP contribution < -0.4 is 14.8 Å². The summed E-state index contributed by atoms with van der Waals surface area (Å²) >= 11 is 0. The quantitative estimate of drug-likeness (QED) is 0.719. The van der Waals surface area contributed by atoms with Crippen LogP contribution in [0.3, 0.4) is 0 Å². The monoisotopic (exact) mass is 363 g/mol. The molecule has 0 spiro atoms. The van der Waals surface area contributed by atoms with Gasteiger partial charge >= 0.3 is 5.97 Å². The second-order valence-corrected chi connectivity index (χ2v) is 6.88. The average molecular weight is 363 g/mol. The maximum atomic E-state index is 12.0. The van der Waals surface area contributed by atoms with Crippen LogP contribution in [-0.2, 0) is 14.3 Å². The Labute approximate surface area is 155 Å². The molecule has 1 aliphatic carbocycles. The molecule has 0 saturated heterocycles. The first-order chi connectivity index (χ1) is 12.5. The van der Waals surface area contributed by atoms with Gasteiger partial charge in [0.2, 0.25) is 0 Å². The van der Waals surface area contributed by atoms with Gasteiger partial charge in [-0.05, 0) is 42.5 Å². The lowest BCUT2D eigenvalue weighted by Crippen LogP contribution is -2.45. The summed E-state index contributed by atoms with van der Waals surface area (Å²) in [5.74, 6) is 1.76. The van der Waals surface area contributed by atoms with Gasteiger partial charge in [-0.25, -0.2) is 0 Å². The first kappa shape index (κ1) is 20.1. The molecule has 0 unspecified atom stereocenters. The molecule has 1 aliphatic rings. The number of nitrogens with one attached hydrogen (secondary N) is 1. The minimum atomic E-state index is -0.446. The second-order valence-electron chi connectivity index (χ2n) is 6.88. The van der Waals surface area contributed by atoms with Gasteiger partial charge in [-0.1, -0.05) is 26.7 Å². The van der Waals surface area contributed by atoms with Crippen LogP contribution in [-0.4, -0.2) is 38.2 Å². The lowest BCUT2D eigenvalue weighted by atomic mass is 9.78. The molecular weight excluding hydrogens is 334 g/mol. The molecule has 1 N–H and O–H groups in total. The second kappa shape index (κ2) is 10.0. The summed E-state index contributed by atoms with van der Waals surface area (Å²) in [6.07, 6.45) is 3.41. The number of esters is 1. The first-order valence-corrected chi connectivity index (χ1v) is 9.21. The number of hydrogen-bond acceptors (Lipinski definition) is 5. The summed E-state index contributed by atoms with van der Waals surface area (Å²) < 4.78 is 15.6. The lowest BCUT2D eigenvalue weighted by Gasteiger charge is -2.34. The molecule has 0 aliphatic heterocycles. The Hall–Kier alpha value is -2.24. The van der Waals surface area contributed by atoms with Gasteiger partial charge in [-0.3, -0.25) is 9.59 Å². The molecule has 6 nitrogen and oxygen atoms in total. The Kier molecular flexibility index (Phi) is 7.75. The van der Waals surface area contributed by atoms with Crippen molar-refractivity contribution < 1.29 is 23.8 Å². The Bertz CT molecular complexity index is 586. The fourth-order valence-corrected chi connectivity index (χ4v) is 3.18. The van der Waals surface area contributed by atoms with E-state index in [-0.39, 0.29) is 31.6 Å². The van der Waals surface area contributed by atoms with Gasteiger partial charge in [0.15, 0.2) is 6.61 Å². The fraction of sp³-hybridized carbons (Fsp3) is 0.600. The largest absolute Gasteiger partial charge is 0.497 e. The van der Waals surface area contributed by atoms with E-state index in [4.69, 9.17) is 14.2 Å². The number of methoxy groups -OCH3 is 1. The SMILES string of the molecule is COc1ccc(OCCC(=O)OCC(=O)N[C@H]2CCC[C@@H](C)[C@H]2C)cc1. The molecule has 26 heavy (non-hydrogen) atoms. The molecule has 2 rings (SSSR count). The fourth-order valence-electron chi connectivity index (χ4n) is 3.18. The Morgan fingerprint density at radius 2 is 1.81 bits per heavy atom. The smallest absolute Gasteiger partial charge is 0.309 e. The van der Waals surface area contributed by atoms with Gasteiger partial charge in [0.1, 0.15) is 11.5 Å². The molecule has 1 aromatic carbocycles. The van der Waals surface area contributed by atoms with Gasteiger partial charge in [0.05, 0.1) is 20.1 Å². The molecule has 1 fully saturated rings. The summed E-state index contributed by atoms with van der Waals surface area (Å²) in [6, 6.07) is 7.27.